The molecule has 10 nitrogen and oxygen atoms in total. The van der Waals surface area contributed by atoms with Gasteiger partial charge >= 0.3 is 12.1 Å². The molecule has 0 bridgehead atoms. The van der Waals surface area contributed by atoms with Crippen LogP contribution in [0.5, 0.6) is 5.75 Å². The number of aryl methyl sites for hydroxylation is 3. The molecule has 1 unspecified atom stereocenters. The van der Waals surface area contributed by atoms with E-state index in [2.05, 4.69) is 10.6 Å². The van der Waals surface area contributed by atoms with Gasteiger partial charge in [-0.25, -0.2) is 9.59 Å². The van der Waals surface area contributed by atoms with E-state index in [0.29, 0.717) is 31.9 Å². The fourth-order valence-corrected chi connectivity index (χ4v) is 6.37. The molecule has 2 fully saturated rings. The Hall–Kier alpha value is -3.79. The van der Waals surface area contributed by atoms with Gasteiger partial charge in [-0.15, -0.1) is 0 Å². The number of carbonyl (C=O) groups is 3. The van der Waals surface area contributed by atoms with Crippen molar-refractivity contribution in [2.45, 2.75) is 92.5 Å². The Morgan fingerprint density at radius 3 is 2.15 bits per heavy atom. The van der Waals surface area contributed by atoms with E-state index in [1.54, 1.807) is 6.92 Å². The molecule has 0 aliphatic carbocycles. The first kappa shape index (κ1) is 40.4. The summed E-state index contributed by atoms with van der Waals surface area (Å²) in [4.78, 5) is 38.3. The topological polar surface area (TPSA) is 120 Å². The zero-order valence-corrected chi connectivity index (χ0v) is 30.1. The summed E-state index contributed by atoms with van der Waals surface area (Å²) in [7, 11) is 0. The van der Waals surface area contributed by atoms with Gasteiger partial charge in [0, 0.05) is 51.1 Å². The number of urea groups is 1. The maximum atomic E-state index is 12.6. The first-order valence-corrected chi connectivity index (χ1v) is 17.7. The van der Waals surface area contributed by atoms with E-state index in [1.165, 1.54) is 31.2 Å². The Morgan fingerprint density at radius 2 is 1.60 bits per heavy atom. The van der Waals surface area contributed by atoms with Crippen LogP contribution in [0.4, 0.5) is 15.3 Å². The lowest BCUT2D eigenvalue weighted by Crippen LogP contribution is -2.44. The number of benzene rings is 2. The lowest BCUT2D eigenvalue weighted by molar-refractivity contribution is -0.119. The van der Waals surface area contributed by atoms with Crippen LogP contribution in [0, 0.1) is 32.6 Å². The SMILES string of the molecule is CCCN(C(=O)Nc1ccccc1)C(CC)CCNC(=O)OCC.Cc1cc(C)c(O)c(C)c1.O=CN1CCC(C2CCOCC2)CC1. The van der Waals surface area contributed by atoms with Gasteiger partial charge in [0.1, 0.15) is 5.75 Å². The number of nitrogens with zero attached hydrogens (tertiary/aromatic N) is 2. The molecular weight excluding hydrogens is 608 g/mol. The van der Waals surface area contributed by atoms with Crippen molar-refractivity contribution in [3.05, 3.63) is 59.2 Å². The molecule has 48 heavy (non-hydrogen) atoms. The number of aromatic hydroxyl groups is 1. The van der Waals surface area contributed by atoms with Crippen LogP contribution in [0.15, 0.2) is 42.5 Å². The van der Waals surface area contributed by atoms with Gasteiger partial charge in [-0.05, 0) is 108 Å². The number of likely N-dealkylation sites (tertiary alicyclic amines) is 1. The van der Waals surface area contributed by atoms with E-state index in [9.17, 15) is 19.5 Å². The number of nitrogens with one attached hydrogen (secondary N) is 2. The van der Waals surface area contributed by atoms with Crippen LogP contribution >= 0.6 is 0 Å². The monoisotopic (exact) mass is 668 g/mol. The molecule has 4 rings (SSSR count). The van der Waals surface area contributed by atoms with Gasteiger partial charge in [-0.1, -0.05) is 49.7 Å². The van der Waals surface area contributed by atoms with Gasteiger partial charge in [0.15, 0.2) is 0 Å². The van der Waals surface area contributed by atoms with Gasteiger partial charge in [-0.2, -0.15) is 0 Å². The number of hydrogen-bond acceptors (Lipinski definition) is 6. The summed E-state index contributed by atoms with van der Waals surface area (Å²) in [6, 6.07) is 13.3. The average molecular weight is 669 g/mol. The van der Waals surface area contributed by atoms with Gasteiger partial charge in [-0.3, -0.25) is 4.79 Å². The molecule has 2 aromatic rings. The Bertz CT molecular complexity index is 1190. The zero-order valence-electron chi connectivity index (χ0n) is 30.1. The Morgan fingerprint density at radius 1 is 1.00 bits per heavy atom. The summed E-state index contributed by atoms with van der Waals surface area (Å²) in [6.45, 7) is 17.0. The minimum Gasteiger partial charge on any atom is -0.507 e. The second kappa shape index (κ2) is 22.7. The van der Waals surface area contributed by atoms with Crippen LogP contribution in [0.3, 0.4) is 0 Å². The molecule has 2 aliphatic rings. The molecule has 0 spiro atoms. The first-order chi connectivity index (χ1) is 23.1. The van der Waals surface area contributed by atoms with Crippen LogP contribution in [0.2, 0.25) is 0 Å². The van der Waals surface area contributed by atoms with Crippen LogP contribution in [0.1, 0.15) is 82.4 Å². The van der Waals surface area contributed by atoms with E-state index < -0.39 is 6.09 Å². The molecular formula is C38H60N4O6. The molecule has 268 valence electrons. The third-order valence-electron chi connectivity index (χ3n) is 8.98. The molecule has 1 atom stereocenters. The summed E-state index contributed by atoms with van der Waals surface area (Å²) in [5.74, 6) is 2.12. The van der Waals surface area contributed by atoms with Crippen molar-refractivity contribution in [2.75, 3.05) is 51.3 Å². The molecule has 0 saturated carbocycles. The smallest absolute Gasteiger partial charge is 0.407 e. The van der Waals surface area contributed by atoms with Crippen molar-refractivity contribution in [3.63, 3.8) is 0 Å². The molecule has 2 heterocycles. The minimum absolute atomic E-state index is 0.0654. The largest absolute Gasteiger partial charge is 0.507 e. The van der Waals surface area contributed by atoms with Gasteiger partial charge in [0.05, 0.1) is 6.61 Å². The van der Waals surface area contributed by atoms with E-state index in [1.807, 2.05) is 86.9 Å². The Balaban J connectivity index is 0.000000278. The van der Waals surface area contributed by atoms with Crippen molar-refractivity contribution in [3.8, 4) is 5.75 Å². The lowest BCUT2D eigenvalue weighted by Gasteiger charge is -2.36. The van der Waals surface area contributed by atoms with Crippen molar-refractivity contribution in [1.29, 1.82) is 0 Å². The van der Waals surface area contributed by atoms with E-state index >= 15 is 0 Å². The number of carbonyl (C=O) groups excluding carboxylic acids is 3. The molecule has 2 saturated heterocycles. The molecule has 2 aliphatic heterocycles. The summed E-state index contributed by atoms with van der Waals surface area (Å²) in [5.41, 5.74) is 3.89. The molecule has 4 amide bonds. The maximum absolute atomic E-state index is 12.6. The maximum Gasteiger partial charge on any atom is 0.407 e. The first-order valence-electron chi connectivity index (χ1n) is 17.7. The fraction of sp³-hybridized carbons (Fsp3) is 0.605. The second-order valence-corrected chi connectivity index (χ2v) is 12.7. The highest BCUT2D eigenvalue weighted by molar-refractivity contribution is 5.89. The highest BCUT2D eigenvalue weighted by atomic mass is 16.5. The zero-order chi connectivity index (χ0) is 35.3. The quantitative estimate of drug-likeness (QED) is 0.214. The lowest BCUT2D eigenvalue weighted by atomic mass is 9.80. The summed E-state index contributed by atoms with van der Waals surface area (Å²) in [6.07, 6.45) is 7.82. The molecule has 3 N–H and O–H groups in total. The number of alkyl carbamates (subject to hydrolysis) is 1. The van der Waals surface area contributed by atoms with Crippen LogP contribution in [-0.4, -0.2) is 85.5 Å². The van der Waals surface area contributed by atoms with Crippen molar-refractivity contribution in [2.24, 2.45) is 11.8 Å². The molecule has 2 aromatic carbocycles. The third-order valence-corrected chi connectivity index (χ3v) is 8.98. The predicted octanol–water partition coefficient (Wildman–Crippen LogP) is 7.44. The predicted molar refractivity (Wildman–Crippen MR) is 192 cm³/mol. The molecule has 10 heteroatoms. The normalized spacial score (nSPS) is 15.5. The van der Waals surface area contributed by atoms with Gasteiger partial charge in [0.2, 0.25) is 6.41 Å². The number of phenols is 1. The third kappa shape index (κ3) is 14.5. The Kier molecular flexibility index (Phi) is 19.1. The Labute approximate surface area is 288 Å². The van der Waals surface area contributed by atoms with Crippen molar-refractivity contribution < 1.29 is 29.0 Å². The molecule has 0 aromatic heterocycles. The number of hydrogen-bond donors (Lipinski definition) is 3. The number of piperidine rings is 1. The number of ether oxygens (including phenoxy) is 2. The van der Waals surface area contributed by atoms with Crippen LogP contribution in [0.25, 0.3) is 0 Å². The van der Waals surface area contributed by atoms with Crippen LogP contribution < -0.4 is 10.6 Å². The van der Waals surface area contributed by atoms with Gasteiger partial charge in [0.25, 0.3) is 0 Å². The molecule has 0 radical (unpaired) electrons. The average Bonchev–Trinajstić information content (AvgIpc) is 3.10. The number of amides is 4. The number of para-hydroxylation sites is 1. The van der Waals surface area contributed by atoms with E-state index in [0.717, 1.165) is 74.2 Å². The van der Waals surface area contributed by atoms with Crippen molar-refractivity contribution in [1.82, 2.24) is 15.1 Å². The summed E-state index contributed by atoms with van der Waals surface area (Å²) < 4.78 is 10.2. The second-order valence-electron chi connectivity index (χ2n) is 12.7. The van der Waals surface area contributed by atoms with E-state index in [4.69, 9.17) is 9.47 Å². The van der Waals surface area contributed by atoms with Gasteiger partial charge < -0.3 is 35.0 Å². The number of anilines is 1. The standard InChI is InChI=1S/C18H29N3O3.C11H19NO2.C9H12O/c1-4-14-21(17(22)20-15-10-8-7-9-11-15)16(5-2)12-13-19-18(23)24-6-3;13-9-12-5-1-10(2-6-12)11-3-7-14-8-4-11;1-6-4-7(2)9(10)8(3)5-6/h7-11,16H,4-6,12-14H2,1-3H3,(H,19,23)(H,20,22);9-11H,1-8H2;4-5,10H,1-3H3. The number of phenolic OH excluding ortho intramolecular Hbond substituents is 1. The highest BCUT2D eigenvalue weighted by Crippen LogP contribution is 2.31. The summed E-state index contributed by atoms with van der Waals surface area (Å²) in [5, 5.41) is 15.0. The fourth-order valence-electron chi connectivity index (χ4n) is 6.37. The highest BCUT2D eigenvalue weighted by Gasteiger charge is 2.27. The number of rotatable bonds is 11. The minimum atomic E-state index is -0.414. The summed E-state index contributed by atoms with van der Waals surface area (Å²) >= 11 is 0. The van der Waals surface area contributed by atoms with Crippen LogP contribution in [-0.2, 0) is 14.3 Å². The van der Waals surface area contributed by atoms with E-state index in [-0.39, 0.29) is 12.1 Å². The van der Waals surface area contributed by atoms with Crippen molar-refractivity contribution >= 4 is 24.2 Å².